The van der Waals surface area contributed by atoms with Crippen molar-refractivity contribution in [2.75, 3.05) is 0 Å². The van der Waals surface area contributed by atoms with Crippen LogP contribution in [0.1, 0.15) is 5.56 Å². The number of carbonyl (C=O) groups excluding carboxylic acids is 1. The monoisotopic (exact) mass is 288 g/mol. The molecule has 0 unspecified atom stereocenters. The van der Waals surface area contributed by atoms with Gasteiger partial charge in [-0.05, 0) is 29.3 Å². The van der Waals surface area contributed by atoms with Gasteiger partial charge < -0.3 is 10.7 Å². The van der Waals surface area contributed by atoms with Crippen LogP contribution in [0, 0.1) is 11.3 Å². The van der Waals surface area contributed by atoms with Crippen molar-refractivity contribution < 1.29 is 4.79 Å². The van der Waals surface area contributed by atoms with Crippen LogP contribution in [0.4, 0.5) is 0 Å². The highest BCUT2D eigenvalue weighted by Crippen LogP contribution is 2.27. The maximum atomic E-state index is 11.1. The predicted molar refractivity (Wildman–Crippen MR) is 84.3 cm³/mol. The summed E-state index contributed by atoms with van der Waals surface area (Å²) in [7, 11) is 0. The summed E-state index contributed by atoms with van der Waals surface area (Å²) < 4.78 is 0. The molecule has 5 heteroatoms. The molecule has 5 nitrogen and oxygen atoms in total. The molecule has 106 valence electrons. The summed E-state index contributed by atoms with van der Waals surface area (Å²) >= 11 is 0. The van der Waals surface area contributed by atoms with Gasteiger partial charge >= 0.3 is 0 Å². The number of nitriles is 1. The van der Waals surface area contributed by atoms with Gasteiger partial charge in [0.1, 0.15) is 17.3 Å². The van der Waals surface area contributed by atoms with E-state index in [0.717, 1.165) is 27.7 Å². The topological polar surface area (TPSA) is 95.6 Å². The molecule has 0 aliphatic heterocycles. The Kier molecular flexibility index (Phi) is 3.42. The van der Waals surface area contributed by atoms with Gasteiger partial charge in [0.25, 0.3) is 5.91 Å². The van der Waals surface area contributed by atoms with Gasteiger partial charge in [0.15, 0.2) is 0 Å². The molecule has 0 bridgehead atoms. The van der Waals surface area contributed by atoms with Crippen molar-refractivity contribution in [1.29, 1.82) is 5.26 Å². The van der Waals surface area contributed by atoms with Crippen LogP contribution in [-0.2, 0) is 4.79 Å². The van der Waals surface area contributed by atoms with Crippen LogP contribution < -0.4 is 5.73 Å². The van der Waals surface area contributed by atoms with E-state index in [4.69, 9.17) is 11.0 Å². The van der Waals surface area contributed by atoms with E-state index in [2.05, 4.69) is 9.97 Å². The largest absolute Gasteiger partial charge is 0.365 e. The first-order valence-electron chi connectivity index (χ1n) is 6.63. The van der Waals surface area contributed by atoms with Crippen molar-refractivity contribution in [2.24, 2.45) is 5.73 Å². The number of hydrogen-bond donors (Lipinski definition) is 2. The molecule has 0 aliphatic rings. The van der Waals surface area contributed by atoms with Crippen molar-refractivity contribution in [2.45, 2.75) is 0 Å². The zero-order valence-electron chi connectivity index (χ0n) is 11.6. The lowest BCUT2D eigenvalue weighted by Gasteiger charge is -2.01. The first-order valence-corrected chi connectivity index (χ1v) is 6.63. The second-order valence-electron chi connectivity index (χ2n) is 4.76. The number of benzene rings is 1. The van der Waals surface area contributed by atoms with Gasteiger partial charge in [-0.2, -0.15) is 5.26 Å². The van der Waals surface area contributed by atoms with Gasteiger partial charge in [-0.3, -0.25) is 4.79 Å². The van der Waals surface area contributed by atoms with Crippen LogP contribution in [0.3, 0.4) is 0 Å². The summed E-state index contributed by atoms with van der Waals surface area (Å²) in [5.74, 6) is -0.728. The molecule has 2 aromatic heterocycles. The molecule has 3 rings (SSSR count). The molecule has 22 heavy (non-hydrogen) atoms. The van der Waals surface area contributed by atoms with Crippen molar-refractivity contribution in [1.82, 2.24) is 9.97 Å². The number of fused-ring (bicyclic) bond motifs is 1. The average Bonchev–Trinajstić information content (AvgIpc) is 2.97. The molecule has 2 heterocycles. The van der Waals surface area contributed by atoms with E-state index in [9.17, 15) is 4.79 Å². The second kappa shape index (κ2) is 5.54. The third-order valence-electron chi connectivity index (χ3n) is 3.37. The Labute approximate surface area is 126 Å². The number of aromatic nitrogens is 2. The number of H-pyrrole nitrogens is 1. The number of amides is 1. The van der Waals surface area contributed by atoms with Gasteiger partial charge in [0.05, 0.1) is 0 Å². The number of pyridine rings is 1. The minimum Gasteiger partial charge on any atom is -0.365 e. The van der Waals surface area contributed by atoms with Crippen LogP contribution in [0.5, 0.6) is 0 Å². The molecule has 0 saturated carbocycles. The number of hydrogen-bond acceptors (Lipinski definition) is 3. The van der Waals surface area contributed by atoms with Crippen molar-refractivity contribution >= 4 is 23.0 Å². The molecule has 0 radical (unpaired) electrons. The zero-order chi connectivity index (χ0) is 15.5. The maximum Gasteiger partial charge on any atom is 0.259 e. The van der Waals surface area contributed by atoms with E-state index in [1.54, 1.807) is 12.3 Å². The van der Waals surface area contributed by atoms with E-state index in [0.29, 0.717) is 0 Å². The van der Waals surface area contributed by atoms with Gasteiger partial charge in [-0.1, -0.05) is 24.3 Å². The molecule has 0 fully saturated rings. The molecule has 1 amide bonds. The van der Waals surface area contributed by atoms with Crippen molar-refractivity contribution in [3.63, 3.8) is 0 Å². The van der Waals surface area contributed by atoms with E-state index in [1.807, 2.05) is 42.6 Å². The maximum absolute atomic E-state index is 11.1. The first kappa shape index (κ1) is 13.6. The smallest absolute Gasteiger partial charge is 0.259 e. The van der Waals surface area contributed by atoms with Gasteiger partial charge in [0.2, 0.25) is 0 Å². The molecule has 0 spiro atoms. The van der Waals surface area contributed by atoms with Crippen molar-refractivity contribution in [3.05, 3.63) is 59.9 Å². The third kappa shape index (κ3) is 2.45. The van der Waals surface area contributed by atoms with Gasteiger partial charge in [0, 0.05) is 23.3 Å². The average molecular weight is 288 g/mol. The second-order valence-corrected chi connectivity index (χ2v) is 4.76. The summed E-state index contributed by atoms with van der Waals surface area (Å²) in [5.41, 5.74) is 8.71. The summed E-state index contributed by atoms with van der Waals surface area (Å²) in [5, 5.41) is 9.89. The number of nitrogens with zero attached hydrogens (tertiary/aromatic N) is 2. The quantitative estimate of drug-likeness (QED) is 0.572. The van der Waals surface area contributed by atoms with Crippen molar-refractivity contribution in [3.8, 4) is 17.2 Å². The van der Waals surface area contributed by atoms with Crippen LogP contribution in [0.2, 0.25) is 0 Å². The molecular weight excluding hydrogens is 276 g/mol. The lowest BCUT2D eigenvalue weighted by Crippen LogP contribution is -2.12. The SMILES string of the molecule is N#CC(=Cc1ccc(-c2c[nH]c3ncccc23)cc1)C(N)=O. The molecule has 3 aromatic rings. The minimum absolute atomic E-state index is 0.0657. The Morgan fingerprint density at radius 1 is 1.27 bits per heavy atom. The third-order valence-corrected chi connectivity index (χ3v) is 3.37. The summed E-state index contributed by atoms with van der Waals surface area (Å²) in [6, 6.07) is 13.2. The van der Waals surface area contributed by atoms with E-state index >= 15 is 0 Å². The minimum atomic E-state index is -0.728. The summed E-state index contributed by atoms with van der Waals surface area (Å²) in [6.07, 6.45) is 5.12. The van der Waals surface area contributed by atoms with E-state index < -0.39 is 5.91 Å². The number of nitrogens with one attached hydrogen (secondary N) is 1. The Bertz CT molecular complexity index is 914. The fourth-order valence-corrected chi connectivity index (χ4v) is 2.28. The summed E-state index contributed by atoms with van der Waals surface area (Å²) in [6.45, 7) is 0. The Balaban J connectivity index is 1.99. The molecule has 1 aromatic carbocycles. The first-order chi connectivity index (χ1) is 10.7. The number of rotatable bonds is 3. The Hall–Kier alpha value is -3.39. The molecule has 0 atom stereocenters. The molecule has 0 aliphatic carbocycles. The standard InChI is InChI=1S/C17H12N4O/c18-9-13(16(19)22)8-11-3-5-12(6-4-11)15-10-21-17-14(15)2-1-7-20-17/h1-8,10H,(H2,19,22)(H,20,21). The molecular formula is C17H12N4O. The van der Waals surface area contributed by atoms with E-state index in [1.165, 1.54) is 6.08 Å². The number of nitrogens with two attached hydrogens (primary N) is 1. The van der Waals surface area contributed by atoms with E-state index in [-0.39, 0.29) is 5.57 Å². The van der Waals surface area contributed by atoms with Crippen LogP contribution in [0.15, 0.2) is 54.4 Å². The highest BCUT2D eigenvalue weighted by Gasteiger charge is 2.07. The lowest BCUT2D eigenvalue weighted by atomic mass is 10.0. The zero-order valence-corrected chi connectivity index (χ0v) is 11.6. The number of carbonyl (C=O) groups is 1. The number of primary amides is 1. The predicted octanol–water partition coefficient (Wildman–Crippen LogP) is 2.62. The highest BCUT2D eigenvalue weighted by molar-refractivity contribution is 6.00. The summed E-state index contributed by atoms with van der Waals surface area (Å²) in [4.78, 5) is 18.4. The van der Waals surface area contributed by atoms with Crippen LogP contribution >= 0.6 is 0 Å². The molecule has 3 N–H and O–H groups in total. The number of aromatic amines is 1. The van der Waals surface area contributed by atoms with Gasteiger partial charge in [-0.25, -0.2) is 4.98 Å². The fourth-order valence-electron chi connectivity index (χ4n) is 2.28. The van der Waals surface area contributed by atoms with Crippen LogP contribution in [0.25, 0.3) is 28.2 Å². The Morgan fingerprint density at radius 2 is 2.05 bits per heavy atom. The normalized spacial score (nSPS) is 11.3. The Morgan fingerprint density at radius 3 is 2.73 bits per heavy atom. The lowest BCUT2D eigenvalue weighted by molar-refractivity contribution is -0.114. The van der Waals surface area contributed by atoms with Crippen LogP contribution in [-0.4, -0.2) is 15.9 Å². The molecule has 0 saturated heterocycles. The highest BCUT2D eigenvalue weighted by atomic mass is 16.1. The van der Waals surface area contributed by atoms with Gasteiger partial charge in [-0.15, -0.1) is 0 Å². The fraction of sp³-hybridized carbons (Fsp3) is 0.